The van der Waals surface area contributed by atoms with Crippen molar-refractivity contribution in [2.24, 2.45) is 10.7 Å². The molecular formula is C20H17N5O2. The van der Waals surface area contributed by atoms with Gasteiger partial charge in [0.25, 0.3) is 11.8 Å². The van der Waals surface area contributed by atoms with Crippen LogP contribution in [0.25, 0.3) is 0 Å². The molecule has 0 fully saturated rings. The Labute approximate surface area is 156 Å². The number of hydrogen-bond donors (Lipinski definition) is 2. The number of benzene rings is 2. The lowest BCUT2D eigenvalue weighted by Gasteiger charge is -2.16. The molecule has 0 bridgehead atoms. The van der Waals surface area contributed by atoms with Crippen LogP contribution < -0.4 is 11.1 Å². The van der Waals surface area contributed by atoms with Crippen LogP contribution in [0.5, 0.6) is 0 Å². The summed E-state index contributed by atoms with van der Waals surface area (Å²) in [4.78, 5) is 29.2. The highest BCUT2D eigenvalue weighted by Crippen LogP contribution is 2.16. The van der Waals surface area contributed by atoms with Gasteiger partial charge in [-0.1, -0.05) is 60.7 Å². The third kappa shape index (κ3) is 4.60. The molecular weight excluding hydrogens is 342 g/mol. The minimum absolute atomic E-state index is 0.0846. The third-order valence-corrected chi connectivity index (χ3v) is 3.80. The predicted octanol–water partition coefficient (Wildman–Crippen LogP) is 1.88. The summed E-state index contributed by atoms with van der Waals surface area (Å²) < 4.78 is 0. The number of hydrogen-bond acceptors (Lipinski definition) is 4. The smallest absolute Gasteiger partial charge is 0.274 e. The number of amidine groups is 1. The summed E-state index contributed by atoms with van der Waals surface area (Å²) >= 11 is 0. The van der Waals surface area contributed by atoms with E-state index in [4.69, 9.17) is 5.73 Å². The summed E-state index contributed by atoms with van der Waals surface area (Å²) in [6.45, 7) is 0. The van der Waals surface area contributed by atoms with Crippen LogP contribution in [0.4, 0.5) is 0 Å². The van der Waals surface area contributed by atoms with E-state index in [0.29, 0.717) is 16.7 Å². The first-order valence-electron chi connectivity index (χ1n) is 8.21. The van der Waals surface area contributed by atoms with Gasteiger partial charge in [0.15, 0.2) is 0 Å². The van der Waals surface area contributed by atoms with Crippen molar-refractivity contribution < 1.29 is 9.59 Å². The van der Waals surface area contributed by atoms with Gasteiger partial charge in [-0.3, -0.25) is 9.59 Å². The van der Waals surface area contributed by atoms with Gasteiger partial charge in [-0.15, -0.1) is 0 Å². The molecule has 1 unspecified atom stereocenters. The maximum Gasteiger partial charge on any atom is 0.274 e. The van der Waals surface area contributed by atoms with E-state index < -0.39 is 17.9 Å². The Kier molecular flexibility index (Phi) is 5.64. The van der Waals surface area contributed by atoms with Gasteiger partial charge in [0, 0.05) is 5.56 Å². The molecule has 0 aliphatic carbocycles. The van der Waals surface area contributed by atoms with Gasteiger partial charge in [0.05, 0.1) is 18.0 Å². The monoisotopic (exact) mass is 359 g/mol. The van der Waals surface area contributed by atoms with E-state index in [1.807, 2.05) is 12.1 Å². The fourth-order valence-electron chi connectivity index (χ4n) is 2.43. The molecule has 2 amide bonds. The number of carbonyl (C=O) groups is 2. The summed E-state index contributed by atoms with van der Waals surface area (Å²) in [5.74, 6) is -0.945. The van der Waals surface area contributed by atoms with Crippen molar-refractivity contribution >= 4 is 17.6 Å². The van der Waals surface area contributed by atoms with Crippen LogP contribution in [0.3, 0.4) is 0 Å². The first-order valence-corrected chi connectivity index (χ1v) is 8.21. The highest BCUT2D eigenvalue weighted by Gasteiger charge is 2.23. The molecule has 1 heterocycles. The number of rotatable bonds is 5. The van der Waals surface area contributed by atoms with Crippen molar-refractivity contribution in [2.75, 3.05) is 0 Å². The lowest BCUT2D eigenvalue weighted by Crippen LogP contribution is -2.34. The van der Waals surface area contributed by atoms with E-state index in [1.165, 1.54) is 18.5 Å². The van der Waals surface area contributed by atoms with E-state index in [0.717, 1.165) is 0 Å². The minimum atomic E-state index is -0.978. The van der Waals surface area contributed by atoms with Gasteiger partial charge in [-0.25, -0.2) is 0 Å². The van der Waals surface area contributed by atoms with Crippen LogP contribution in [-0.4, -0.2) is 27.8 Å². The average Bonchev–Trinajstić information content (AvgIpc) is 2.73. The molecule has 27 heavy (non-hydrogen) atoms. The van der Waals surface area contributed by atoms with E-state index in [9.17, 15) is 9.59 Å². The molecule has 3 rings (SSSR count). The number of nitrogens with two attached hydrogens (primary N) is 1. The molecule has 1 atom stereocenters. The molecule has 0 radical (unpaired) electrons. The zero-order valence-electron chi connectivity index (χ0n) is 14.3. The van der Waals surface area contributed by atoms with Crippen LogP contribution in [-0.2, 0) is 4.79 Å². The van der Waals surface area contributed by atoms with E-state index in [1.54, 1.807) is 48.5 Å². The topological polar surface area (TPSA) is 110 Å². The average molecular weight is 359 g/mol. The summed E-state index contributed by atoms with van der Waals surface area (Å²) in [5, 5.41) is 10.0. The van der Waals surface area contributed by atoms with E-state index >= 15 is 0 Å². The van der Waals surface area contributed by atoms with Crippen molar-refractivity contribution in [3.8, 4) is 0 Å². The molecule has 0 saturated carbocycles. The lowest BCUT2D eigenvalue weighted by molar-refractivity contribution is -0.119. The number of amides is 2. The third-order valence-electron chi connectivity index (χ3n) is 3.80. The van der Waals surface area contributed by atoms with Crippen LogP contribution in [0, 0.1) is 0 Å². The van der Waals surface area contributed by atoms with Gasteiger partial charge in [-0.05, 0) is 11.6 Å². The normalized spacial score (nSPS) is 12.2. The Morgan fingerprint density at radius 3 is 2.19 bits per heavy atom. The fourth-order valence-corrected chi connectivity index (χ4v) is 2.43. The zero-order valence-corrected chi connectivity index (χ0v) is 14.3. The lowest BCUT2D eigenvalue weighted by atomic mass is 10.1. The van der Waals surface area contributed by atoms with Crippen LogP contribution >= 0.6 is 0 Å². The zero-order chi connectivity index (χ0) is 19.1. The first-order chi connectivity index (χ1) is 13.1. The van der Waals surface area contributed by atoms with Gasteiger partial charge < -0.3 is 11.1 Å². The number of nitrogens with zero attached hydrogens (tertiary/aromatic N) is 3. The van der Waals surface area contributed by atoms with Crippen molar-refractivity contribution in [3.63, 3.8) is 0 Å². The molecule has 3 N–H and O–H groups in total. The van der Waals surface area contributed by atoms with Crippen molar-refractivity contribution in [3.05, 3.63) is 95.8 Å². The highest BCUT2D eigenvalue weighted by atomic mass is 16.2. The van der Waals surface area contributed by atoms with Gasteiger partial charge in [0.2, 0.25) is 0 Å². The van der Waals surface area contributed by atoms with E-state index in [-0.39, 0.29) is 5.84 Å². The molecule has 0 saturated heterocycles. The minimum Gasteiger partial charge on any atom is -0.383 e. The second-order valence-electron chi connectivity index (χ2n) is 5.65. The van der Waals surface area contributed by atoms with Crippen molar-refractivity contribution in [1.29, 1.82) is 0 Å². The molecule has 0 aliphatic heterocycles. The maximum absolute atomic E-state index is 12.8. The summed E-state index contributed by atoms with van der Waals surface area (Å²) in [6, 6.07) is 18.3. The van der Waals surface area contributed by atoms with Crippen LogP contribution in [0.15, 0.2) is 84.1 Å². The van der Waals surface area contributed by atoms with Crippen LogP contribution in [0.2, 0.25) is 0 Å². The Hall–Kier alpha value is -3.87. The number of nitrogens with one attached hydrogen (secondary N) is 1. The molecule has 1 aromatic heterocycles. The molecule has 134 valence electrons. The molecule has 0 spiro atoms. The van der Waals surface area contributed by atoms with Gasteiger partial charge in [0.1, 0.15) is 11.9 Å². The van der Waals surface area contributed by atoms with Crippen molar-refractivity contribution in [1.82, 2.24) is 15.5 Å². The molecule has 7 heteroatoms. The SMILES string of the molecule is NC(=NC(=O)C(NC(=O)c1ccnnc1)c1ccccc1)c1ccccc1. The molecule has 7 nitrogen and oxygen atoms in total. The molecule has 2 aromatic carbocycles. The number of aromatic nitrogens is 2. The van der Waals surface area contributed by atoms with E-state index in [2.05, 4.69) is 20.5 Å². The fraction of sp³-hybridized carbons (Fsp3) is 0.0500. The Balaban J connectivity index is 1.88. The number of carbonyl (C=O) groups excluding carboxylic acids is 2. The summed E-state index contributed by atoms with van der Waals surface area (Å²) in [6.07, 6.45) is 2.73. The molecule has 3 aromatic rings. The Bertz CT molecular complexity index is 944. The maximum atomic E-state index is 12.8. The predicted molar refractivity (Wildman–Crippen MR) is 101 cm³/mol. The summed E-state index contributed by atoms with van der Waals surface area (Å²) in [7, 11) is 0. The highest BCUT2D eigenvalue weighted by molar-refractivity contribution is 6.06. The molecule has 0 aliphatic rings. The number of aliphatic imine (C=N–C) groups is 1. The Morgan fingerprint density at radius 1 is 0.889 bits per heavy atom. The second-order valence-corrected chi connectivity index (χ2v) is 5.65. The summed E-state index contributed by atoms with van der Waals surface area (Å²) in [5.41, 5.74) is 7.47. The first kappa shape index (κ1) is 17.9. The van der Waals surface area contributed by atoms with Crippen LogP contribution in [0.1, 0.15) is 27.5 Å². The van der Waals surface area contributed by atoms with Gasteiger partial charge in [-0.2, -0.15) is 15.2 Å². The second kappa shape index (κ2) is 8.48. The Morgan fingerprint density at radius 2 is 1.56 bits per heavy atom. The quantitative estimate of drug-likeness (QED) is 0.534. The van der Waals surface area contributed by atoms with Gasteiger partial charge >= 0.3 is 0 Å². The van der Waals surface area contributed by atoms with Crippen molar-refractivity contribution in [2.45, 2.75) is 6.04 Å². The largest absolute Gasteiger partial charge is 0.383 e. The standard InChI is InChI=1S/C20H17N5O2/c21-18(15-9-5-2-6-10-15)25-20(27)17(14-7-3-1-4-8-14)24-19(26)16-11-12-22-23-13-16/h1-13,17H,(H,24,26)(H2,21,25,27).